The summed E-state index contributed by atoms with van der Waals surface area (Å²) in [6, 6.07) is 0.0859. The molecular weight excluding hydrogens is 212 g/mol. The number of nitrogens with one attached hydrogen (secondary N) is 1. The van der Waals surface area contributed by atoms with Crippen LogP contribution >= 0.6 is 0 Å². The van der Waals surface area contributed by atoms with Crippen molar-refractivity contribution in [2.24, 2.45) is 11.8 Å². The Morgan fingerprint density at radius 3 is 2.41 bits per heavy atom. The van der Waals surface area contributed by atoms with Gasteiger partial charge in [0.25, 0.3) is 0 Å². The number of allylic oxidation sites excluding steroid dienone is 1. The van der Waals surface area contributed by atoms with E-state index >= 15 is 0 Å². The van der Waals surface area contributed by atoms with Crippen LogP contribution in [0.5, 0.6) is 0 Å². The first-order valence-corrected chi connectivity index (χ1v) is 6.88. The number of carbonyl (C=O) groups is 1. The van der Waals surface area contributed by atoms with Gasteiger partial charge in [0.15, 0.2) is 0 Å². The molecule has 1 aliphatic heterocycles. The molecule has 0 aromatic carbocycles. The van der Waals surface area contributed by atoms with Gasteiger partial charge in [-0.25, -0.2) is 4.79 Å². The van der Waals surface area contributed by atoms with Crippen molar-refractivity contribution in [2.75, 3.05) is 13.1 Å². The maximum Gasteiger partial charge on any atom is 0.321 e. The maximum absolute atomic E-state index is 12.0. The highest BCUT2D eigenvalue weighted by Crippen LogP contribution is 2.23. The second-order valence-corrected chi connectivity index (χ2v) is 5.81. The van der Waals surface area contributed by atoms with E-state index in [1.165, 1.54) is 24.8 Å². The third-order valence-corrected chi connectivity index (χ3v) is 3.80. The third kappa shape index (κ3) is 3.48. The van der Waals surface area contributed by atoms with Crippen molar-refractivity contribution in [3.8, 4) is 0 Å². The van der Waals surface area contributed by atoms with E-state index in [4.69, 9.17) is 0 Å². The summed E-state index contributed by atoms with van der Waals surface area (Å²) in [6.45, 7) is 6.26. The molecule has 2 unspecified atom stereocenters. The molecule has 1 aliphatic carbocycles. The first-order chi connectivity index (χ1) is 8.15. The first kappa shape index (κ1) is 12.5. The summed E-state index contributed by atoms with van der Waals surface area (Å²) < 4.78 is 0. The molecule has 2 aliphatic rings. The van der Waals surface area contributed by atoms with Crippen LogP contribution in [-0.4, -0.2) is 24.0 Å². The summed E-state index contributed by atoms with van der Waals surface area (Å²) >= 11 is 0. The summed E-state index contributed by atoms with van der Waals surface area (Å²) in [7, 11) is 0. The van der Waals surface area contributed by atoms with Gasteiger partial charge in [0, 0.05) is 19.3 Å². The minimum absolute atomic E-state index is 0.0859. The lowest BCUT2D eigenvalue weighted by Crippen LogP contribution is -2.46. The lowest BCUT2D eigenvalue weighted by atomic mass is 9.92. The van der Waals surface area contributed by atoms with E-state index in [1.54, 1.807) is 0 Å². The second kappa shape index (κ2) is 5.56. The topological polar surface area (TPSA) is 32.3 Å². The van der Waals surface area contributed by atoms with E-state index in [9.17, 15) is 4.79 Å². The number of carbonyl (C=O) groups excluding carboxylic acids is 1. The van der Waals surface area contributed by atoms with E-state index < -0.39 is 0 Å². The van der Waals surface area contributed by atoms with Crippen molar-refractivity contribution in [3.63, 3.8) is 0 Å². The van der Waals surface area contributed by atoms with Crippen LogP contribution in [0.1, 0.15) is 46.0 Å². The van der Waals surface area contributed by atoms with Crippen LogP contribution in [-0.2, 0) is 0 Å². The van der Waals surface area contributed by atoms with E-state index in [-0.39, 0.29) is 6.03 Å². The van der Waals surface area contributed by atoms with Gasteiger partial charge in [-0.3, -0.25) is 0 Å². The quantitative estimate of drug-likeness (QED) is 0.745. The molecule has 1 saturated carbocycles. The molecule has 1 heterocycles. The van der Waals surface area contributed by atoms with Gasteiger partial charge in [-0.15, -0.1) is 0 Å². The molecular formula is C14H24N2O. The average Bonchev–Trinajstić information content (AvgIpc) is 2.77. The molecule has 2 fully saturated rings. The van der Waals surface area contributed by atoms with Gasteiger partial charge in [0.05, 0.1) is 0 Å². The molecule has 2 rings (SSSR count). The molecule has 2 atom stereocenters. The van der Waals surface area contributed by atoms with Gasteiger partial charge in [-0.05, 0) is 43.9 Å². The van der Waals surface area contributed by atoms with E-state index in [0.29, 0.717) is 11.8 Å². The fourth-order valence-corrected chi connectivity index (χ4v) is 3.06. The fourth-order valence-electron chi connectivity index (χ4n) is 3.06. The zero-order valence-electron chi connectivity index (χ0n) is 11.0. The van der Waals surface area contributed by atoms with Crippen LogP contribution in [0.3, 0.4) is 0 Å². The average molecular weight is 236 g/mol. The number of likely N-dealkylation sites (tertiary alicyclic amines) is 1. The Morgan fingerprint density at radius 1 is 1.24 bits per heavy atom. The highest BCUT2D eigenvalue weighted by molar-refractivity contribution is 5.75. The normalized spacial score (nSPS) is 29.3. The predicted molar refractivity (Wildman–Crippen MR) is 69.6 cm³/mol. The van der Waals surface area contributed by atoms with Crippen molar-refractivity contribution >= 4 is 6.03 Å². The van der Waals surface area contributed by atoms with Crippen LogP contribution in [0.15, 0.2) is 11.8 Å². The number of hydrogen-bond acceptors (Lipinski definition) is 1. The van der Waals surface area contributed by atoms with Crippen LogP contribution in [0, 0.1) is 11.8 Å². The molecule has 3 heteroatoms. The minimum atomic E-state index is 0.0859. The number of urea groups is 1. The standard InChI is InChI=1S/C14H24N2O/c1-11-7-12(2)10-16(9-11)14(17)15-8-13-5-3-4-6-13/h8,11-12H,3-7,9-10H2,1-2H3,(H,15,17). The highest BCUT2D eigenvalue weighted by Gasteiger charge is 2.24. The van der Waals surface area contributed by atoms with Crippen molar-refractivity contribution in [3.05, 3.63) is 11.8 Å². The lowest BCUT2D eigenvalue weighted by Gasteiger charge is -2.34. The van der Waals surface area contributed by atoms with Crippen molar-refractivity contribution < 1.29 is 4.79 Å². The van der Waals surface area contributed by atoms with Crippen LogP contribution in [0.25, 0.3) is 0 Å². The van der Waals surface area contributed by atoms with E-state index in [1.807, 2.05) is 11.1 Å². The van der Waals surface area contributed by atoms with Crippen molar-refractivity contribution in [1.29, 1.82) is 0 Å². The summed E-state index contributed by atoms with van der Waals surface area (Å²) in [6.07, 6.45) is 8.06. The van der Waals surface area contributed by atoms with Crippen LogP contribution < -0.4 is 5.32 Å². The second-order valence-electron chi connectivity index (χ2n) is 5.81. The van der Waals surface area contributed by atoms with E-state index in [0.717, 1.165) is 25.9 Å². The Labute approximate surface area is 104 Å². The van der Waals surface area contributed by atoms with Crippen LogP contribution in [0.2, 0.25) is 0 Å². The molecule has 17 heavy (non-hydrogen) atoms. The van der Waals surface area contributed by atoms with Gasteiger partial charge in [0.2, 0.25) is 0 Å². The number of amides is 2. The minimum Gasteiger partial charge on any atom is -0.324 e. The molecule has 1 N–H and O–H groups in total. The van der Waals surface area contributed by atoms with Crippen LogP contribution in [0.4, 0.5) is 4.79 Å². The molecule has 0 radical (unpaired) electrons. The van der Waals surface area contributed by atoms with Gasteiger partial charge in [-0.1, -0.05) is 19.4 Å². The molecule has 96 valence electrons. The highest BCUT2D eigenvalue weighted by atomic mass is 16.2. The Hall–Kier alpha value is -0.990. The third-order valence-electron chi connectivity index (χ3n) is 3.80. The number of nitrogens with zero attached hydrogens (tertiary/aromatic N) is 1. The molecule has 1 saturated heterocycles. The summed E-state index contributed by atoms with van der Waals surface area (Å²) in [5, 5.41) is 2.96. The predicted octanol–water partition coefficient (Wildman–Crippen LogP) is 3.13. The number of rotatable bonds is 1. The monoisotopic (exact) mass is 236 g/mol. The Kier molecular flexibility index (Phi) is 4.08. The molecule has 0 aromatic rings. The number of piperidine rings is 1. The summed E-state index contributed by atoms with van der Waals surface area (Å²) in [5.41, 5.74) is 1.40. The fraction of sp³-hybridized carbons (Fsp3) is 0.786. The smallest absolute Gasteiger partial charge is 0.321 e. The van der Waals surface area contributed by atoms with Gasteiger partial charge in [-0.2, -0.15) is 0 Å². The molecule has 0 spiro atoms. The zero-order chi connectivity index (χ0) is 12.3. The largest absolute Gasteiger partial charge is 0.324 e. The zero-order valence-corrected chi connectivity index (χ0v) is 11.0. The van der Waals surface area contributed by atoms with Gasteiger partial charge < -0.3 is 10.2 Å². The molecule has 3 nitrogen and oxygen atoms in total. The summed E-state index contributed by atoms with van der Waals surface area (Å²) in [4.78, 5) is 14.0. The summed E-state index contributed by atoms with van der Waals surface area (Å²) in [5.74, 6) is 1.26. The maximum atomic E-state index is 12.0. The Bertz CT molecular complexity index is 293. The lowest BCUT2D eigenvalue weighted by molar-refractivity contribution is 0.149. The molecule has 0 aromatic heterocycles. The van der Waals surface area contributed by atoms with E-state index in [2.05, 4.69) is 19.2 Å². The Morgan fingerprint density at radius 2 is 1.82 bits per heavy atom. The Balaban J connectivity index is 1.84. The molecule has 2 amide bonds. The number of hydrogen-bond donors (Lipinski definition) is 1. The first-order valence-electron chi connectivity index (χ1n) is 6.88. The van der Waals surface area contributed by atoms with Gasteiger partial charge in [0.1, 0.15) is 0 Å². The SMILES string of the molecule is CC1CC(C)CN(C(=O)NC=C2CCCC2)C1. The van der Waals surface area contributed by atoms with Crippen molar-refractivity contribution in [1.82, 2.24) is 10.2 Å². The van der Waals surface area contributed by atoms with Crippen molar-refractivity contribution in [2.45, 2.75) is 46.0 Å². The molecule has 0 bridgehead atoms. The van der Waals surface area contributed by atoms with Gasteiger partial charge >= 0.3 is 6.03 Å².